The van der Waals surface area contributed by atoms with Gasteiger partial charge in [0.05, 0.1) is 16.3 Å². The molecular formula is C24H17ClFN3O3. The van der Waals surface area contributed by atoms with Gasteiger partial charge in [0, 0.05) is 37.1 Å². The van der Waals surface area contributed by atoms with Crippen LogP contribution in [0.5, 0.6) is 0 Å². The minimum absolute atomic E-state index is 0.101. The number of carbonyl (C=O) groups excluding carboxylic acids is 3. The first-order valence-electron chi connectivity index (χ1n) is 9.66. The number of nitrogens with zero attached hydrogens (tertiary/aromatic N) is 2. The van der Waals surface area contributed by atoms with E-state index in [9.17, 15) is 18.8 Å². The molecule has 1 aromatic heterocycles. The molecule has 6 nitrogen and oxygen atoms in total. The lowest BCUT2D eigenvalue weighted by Gasteiger charge is -2.27. The van der Waals surface area contributed by atoms with E-state index in [4.69, 9.17) is 11.6 Å². The van der Waals surface area contributed by atoms with Gasteiger partial charge in [-0.3, -0.25) is 19.4 Å². The number of nitrogens with one attached hydrogen (secondary N) is 1. The van der Waals surface area contributed by atoms with E-state index in [1.807, 2.05) is 6.07 Å². The summed E-state index contributed by atoms with van der Waals surface area (Å²) in [5, 5.41) is 2.67. The van der Waals surface area contributed by atoms with Crippen LogP contribution in [-0.4, -0.2) is 29.6 Å². The van der Waals surface area contributed by atoms with Gasteiger partial charge in [0.15, 0.2) is 0 Å². The summed E-state index contributed by atoms with van der Waals surface area (Å²) in [5.74, 6) is -1.98. The van der Waals surface area contributed by atoms with Gasteiger partial charge in [0.25, 0.3) is 11.8 Å². The van der Waals surface area contributed by atoms with Crippen molar-refractivity contribution in [2.45, 2.75) is 6.54 Å². The van der Waals surface area contributed by atoms with Gasteiger partial charge >= 0.3 is 0 Å². The molecule has 0 saturated carbocycles. The Bertz CT molecular complexity index is 1270. The van der Waals surface area contributed by atoms with Crippen molar-refractivity contribution in [3.05, 3.63) is 99.6 Å². The molecule has 0 fully saturated rings. The van der Waals surface area contributed by atoms with Gasteiger partial charge in [-0.15, -0.1) is 0 Å². The number of ketones is 1. The summed E-state index contributed by atoms with van der Waals surface area (Å²) in [5.41, 5.74) is 2.06. The van der Waals surface area contributed by atoms with Gasteiger partial charge < -0.3 is 10.2 Å². The molecule has 8 heteroatoms. The fourth-order valence-corrected chi connectivity index (χ4v) is 3.56. The molecule has 2 amide bonds. The van der Waals surface area contributed by atoms with E-state index in [0.29, 0.717) is 11.3 Å². The van der Waals surface area contributed by atoms with Crippen LogP contribution < -0.4 is 10.2 Å². The molecule has 1 aliphatic rings. The number of fused-ring (bicyclic) bond motifs is 1. The summed E-state index contributed by atoms with van der Waals surface area (Å²) in [7, 11) is 1.54. The number of likely N-dealkylation sites (N-methyl/N-ethyl adjacent to an activating group) is 1. The maximum Gasteiger partial charge on any atom is 0.262 e. The van der Waals surface area contributed by atoms with Crippen LogP contribution in [-0.2, 0) is 11.3 Å². The second-order valence-corrected chi connectivity index (χ2v) is 7.61. The van der Waals surface area contributed by atoms with Crippen LogP contribution >= 0.6 is 11.6 Å². The standard InChI is InChI=1S/C24H17ClFN3O3/c1-29-21-7-5-16(23(31)28-13-15-3-2-8-27-12-15)11-17(21)22(30)18(24(29)32)9-14-4-6-20(26)19(25)10-14/h2-12H,13H2,1H3,(H,28,31). The summed E-state index contributed by atoms with van der Waals surface area (Å²) < 4.78 is 13.4. The van der Waals surface area contributed by atoms with Crippen LogP contribution in [0.3, 0.4) is 0 Å². The topological polar surface area (TPSA) is 79.4 Å². The fraction of sp³-hybridized carbons (Fsp3) is 0.0833. The highest BCUT2D eigenvalue weighted by Gasteiger charge is 2.33. The SMILES string of the molecule is CN1C(=O)C(=Cc2ccc(F)c(Cl)c2)C(=O)c2cc(C(=O)NCc3cccnc3)ccc21. The van der Waals surface area contributed by atoms with Crippen LogP contribution in [0, 0.1) is 5.82 Å². The number of aromatic nitrogens is 1. The number of pyridine rings is 1. The number of rotatable bonds is 4. The van der Waals surface area contributed by atoms with E-state index in [1.165, 1.54) is 29.2 Å². The van der Waals surface area contributed by atoms with Gasteiger partial charge in [-0.05, 0) is 53.6 Å². The number of benzene rings is 2. The Kier molecular flexibility index (Phi) is 5.83. The summed E-state index contributed by atoms with van der Waals surface area (Å²) in [4.78, 5) is 43.8. The normalized spacial score (nSPS) is 14.5. The molecule has 0 spiro atoms. The maximum absolute atomic E-state index is 13.4. The third kappa shape index (κ3) is 4.15. The Labute approximate surface area is 188 Å². The van der Waals surface area contributed by atoms with Crippen molar-refractivity contribution in [1.29, 1.82) is 0 Å². The summed E-state index contributed by atoms with van der Waals surface area (Å²) in [6, 6.07) is 12.1. The number of hydrogen-bond donors (Lipinski definition) is 1. The van der Waals surface area contributed by atoms with E-state index >= 15 is 0 Å². The van der Waals surface area contributed by atoms with E-state index < -0.39 is 17.5 Å². The largest absolute Gasteiger partial charge is 0.348 e. The third-order valence-electron chi connectivity index (χ3n) is 5.07. The van der Waals surface area contributed by atoms with Crippen molar-refractivity contribution in [1.82, 2.24) is 10.3 Å². The molecule has 0 saturated heterocycles. The average molecular weight is 450 g/mol. The van der Waals surface area contributed by atoms with Gasteiger partial charge in [-0.1, -0.05) is 23.7 Å². The summed E-state index contributed by atoms with van der Waals surface area (Å²) >= 11 is 5.81. The molecular weight excluding hydrogens is 433 g/mol. The second-order valence-electron chi connectivity index (χ2n) is 7.20. The zero-order valence-electron chi connectivity index (χ0n) is 16.9. The van der Waals surface area contributed by atoms with Gasteiger partial charge in [-0.25, -0.2) is 4.39 Å². The molecule has 1 aliphatic heterocycles. The van der Waals surface area contributed by atoms with Crippen LogP contribution in [0.2, 0.25) is 5.02 Å². The first kappa shape index (κ1) is 21.4. The highest BCUT2D eigenvalue weighted by molar-refractivity contribution is 6.37. The Morgan fingerprint density at radius 1 is 1.19 bits per heavy atom. The van der Waals surface area contributed by atoms with E-state index in [-0.39, 0.29) is 34.2 Å². The maximum atomic E-state index is 13.4. The summed E-state index contributed by atoms with van der Waals surface area (Å²) in [6.07, 6.45) is 4.66. The summed E-state index contributed by atoms with van der Waals surface area (Å²) in [6.45, 7) is 0.284. The van der Waals surface area contributed by atoms with Crippen molar-refractivity contribution < 1.29 is 18.8 Å². The quantitative estimate of drug-likeness (QED) is 0.481. The van der Waals surface area contributed by atoms with Crippen LogP contribution in [0.25, 0.3) is 6.08 Å². The highest BCUT2D eigenvalue weighted by Crippen LogP contribution is 2.31. The number of hydrogen-bond acceptors (Lipinski definition) is 4. The zero-order chi connectivity index (χ0) is 22.8. The van der Waals surface area contributed by atoms with Gasteiger partial charge in [0.2, 0.25) is 5.78 Å². The Balaban J connectivity index is 1.64. The Hall–Kier alpha value is -3.84. The third-order valence-corrected chi connectivity index (χ3v) is 5.36. The van der Waals surface area contributed by atoms with Crippen LogP contribution in [0.1, 0.15) is 31.8 Å². The van der Waals surface area contributed by atoms with E-state index in [1.54, 1.807) is 37.6 Å². The van der Waals surface area contributed by atoms with E-state index in [0.717, 1.165) is 11.6 Å². The molecule has 0 radical (unpaired) electrons. The zero-order valence-corrected chi connectivity index (χ0v) is 17.7. The van der Waals surface area contributed by atoms with Crippen molar-refractivity contribution in [2.24, 2.45) is 0 Å². The molecule has 1 N–H and O–H groups in total. The van der Waals surface area contributed by atoms with E-state index in [2.05, 4.69) is 10.3 Å². The lowest BCUT2D eigenvalue weighted by Crippen LogP contribution is -2.37. The molecule has 0 bridgehead atoms. The number of anilines is 1. The number of Topliss-reactive ketones (excluding diaryl/α,β-unsaturated/α-hetero) is 1. The predicted octanol–water partition coefficient (Wildman–Crippen LogP) is 4.05. The molecule has 0 atom stereocenters. The first-order chi connectivity index (χ1) is 15.3. The first-order valence-corrected chi connectivity index (χ1v) is 10.0. The molecule has 160 valence electrons. The molecule has 3 aromatic rings. The molecule has 2 heterocycles. The Morgan fingerprint density at radius 3 is 2.72 bits per heavy atom. The number of halogens is 2. The van der Waals surface area contributed by atoms with Crippen molar-refractivity contribution in [3.63, 3.8) is 0 Å². The molecule has 0 unspecified atom stereocenters. The van der Waals surface area contributed by atoms with Crippen molar-refractivity contribution in [3.8, 4) is 0 Å². The number of amides is 2. The lowest BCUT2D eigenvalue weighted by molar-refractivity contribution is -0.114. The smallest absolute Gasteiger partial charge is 0.262 e. The molecule has 32 heavy (non-hydrogen) atoms. The minimum Gasteiger partial charge on any atom is -0.348 e. The van der Waals surface area contributed by atoms with Crippen LogP contribution in [0.4, 0.5) is 10.1 Å². The molecule has 2 aromatic carbocycles. The number of carbonyl (C=O) groups is 3. The average Bonchev–Trinajstić information content (AvgIpc) is 2.81. The van der Waals surface area contributed by atoms with Crippen LogP contribution in [0.15, 0.2) is 66.5 Å². The van der Waals surface area contributed by atoms with Crippen molar-refractivity contribution >= 4 is 41.0 Å². The fourth-order valence-electron chi connectivity index (χ4n) is 3.37. The molecule has 4 rings (SSSR count). The highest BCUT2D eigenvalue weighted by atomic mass is 35.5. The predicted molar refractivity (Wildman–Crippen MR) is 119 cm³/mol. The molecule has 0 aliphatic carbocycles. The van der Waals surface area contributed by atoms with Gasteiger partial charge in [0.1, 0.15) is 5.82 Å². The lowest BCUT2D eigenvalue weighted by atomic mass is 9.92. The monoisotopic (exact) mass is 449 g/mol. The second kappa shape index (κ2) is 8.72. The van der Waals surface area contributed by atoms with Gasteiger partial charge in [-0.2, -0.15) is 0 Å². The Morgan fingerprint density at radius 2 is 2.00 bits per heavy atom. The minimum atomic E-state index is -0.598. The van der Waals surface area contributed by atoms with Crippen molar-refractivity contribution in [2.75, 3.05) is 11.9 Å².